The van der Waals surface area contributed by atoms with Crippen LogP contribution in [0, 0.1) is 11.3 Å². The van der Waals surface area contributed by atoms with Gasteiger partial charge in [-0.25, -0.2) is 4.79 Å². The number of nitriles is 1. The fourth-order valence-corrected chi connectivity index (χ4v) is 4.36. The van der Waals surface area contributed by atoms with Crippen LogP contribution in [0.4, 0.5) is 0 Å². The largest absolute Gasteiger partial charge is 0.493 e. The molecular weight excluding hydrogens is 506 g/mol. The van der Waals surface area contributed by atoms with E-state index in [0.29, 0.717) is 54.8 Å². The van der Waals surface area contributed by atoms with Gasteiger partial charge in [-0.15, -0.1) is 0 Å². The number of nitrogens with zero attached hydrogens (tertiary/aromatic N) is 1. The van der Waals surface area contributed by atoms with E-state index in [1.807, 2.05) is 42.5 Å². The van der Waals surface area contributed by atoms with E-state index in [1.54, 1.807) is 14.0 Å². The van der Waals surface area contributed by atoms with Gasteiger partial charge in [-0.2, -0.15) is 5.26 Å². The number of carbonyl (C=O) groups excluding carboxylic acids is 1. The van der Waals surface area contributed by atoms with E-state index in [2.05, 4.69) is 12.6 Å². The molecule has 7 heteroatoms. The number of methoxy groups -OCH3 is 1. The Hall–Kier alpha value is -3.92. The molecule has 2 aromatic carbocycles. The van der Waals surface area contributed by atoms with Crippen molar-refractivity contribution < 1.29 is 28.5 Å². The van der Waals surface area contributed by atoms with Crippen molar-refractivity contribution in [2.24, 2.45) is 0 Å². The zero-order valence-corrected chi connectivity index (χ0v) is 23.8. The molecule has 0 spiro atoms. The first-order chi connectivity index (χ1) is 19.5. The quantitative estimate of drug-likeness (QED) is 0.0665. The molecule has 0 aromatic heterocycles. The lowest BCUT2D eigenvalue weighted by Crippen LogP contribution is -2.15. The Labute approximate surface area is 238 Å². The molecule has 1 aliphatic heterocycles. The predicted octanol–water partition coefficient (Wildman–Crippen LogP) is 7.54. The lowest BCUT2D eigenvalue weighted by atomic mass is 10.0. The summed E-state index contributed by atoms with van der Waals surface area (Å²) in [7, 11) is 1.61. The van der Waals surface area contributed by atoms with Gasteiger partial charge >= 0.3 is 5.97 Å². The highest BCUT2D eigenvalue weighted by Gasteiger charge is 2.13. The molecule has 0 saturated heterocycles. The highest BCUT2D eigenvalue weighted by molar-refractivity contribution is 5.90. The number of ether oxygens (including phenoxy) is 5. The minimum absolute atomic E-state index is 0.297. The normalized spacial score (nSPS) is 12.4. The van der Waals surface area contributed by atoms with Crippen LogP contribution in [0.15, 0.2) is 48.6 Å². The number of hydrogen-bond acceptors (Lipinski definition) is 7. The highest BCUT2D eigenvalue weighted by atomic mass is 16.6. The molecule has 0 bridgehead atoms. The number of rotatable bonds is 17. The summed E-state index contributed by atoms with van der Waals surface area (Å²) < 4.78 is 27.9. The van der Waals surface area contributed by atoms with Crippen LogP contribution in [-0.4, -0.2) is 39.5 Å². The molecule has 0 atom stereocenters. The van der Waals surface area contributed by atoms with Crippen molar-refractivity contribution in [1.29, 1.82) is 5.26 Å². The standard InChI is InChI=1S/C33H41NO6/c1-25(2)33(35)40-18-12-10-8-6-4-5-7-9-11-17-37-29-16-14-27(23-31(29)36-3)28(24-34)21-26-13-15-30-32(22-26)39-20-19-38-30/h13-16,21-23H,1,4-12,17-20H2,2-3H3. The van der Waals surface area contributed by atoms with Crippen molar-refractivity contribution in [3.8, 4) is 29.1 Å². The summed E-state index contributed by atoms with van der Waals surface area (Å²) in [4.78, 5) is 11.3. The van der Waals surface area contributed by atoms with Crippen LogP contribution in [0.3, 0.4) is 0 Å². The van der Waals surface area contributed by atoms with Crippen LogP contribution in [0.1, 0.15) is 75.8 Å². The maximum absolute atomic E-state index is 11.3. The lowest BCUT2D eigenvalue weighted by molar-refractivity contribution is -0.139. The minimum atomic E-state index is -0.297. The maximum atomic E-state index is 11.3. The number of benzene rings is 2. The topological polar surface area (TPSA) is 87.0 Å². The van der Waals surface area contributed by atoms with Crippen molar-refractivity contribution in [1.82, 2.24) is 0 Å². The van der Waals surface area contributed by atoms with Gasteiger partial charge in [-0.3, -0.25) is 0 Å². The van der Waals surface area contributed by atoms with Gasteiger partial charge < -0.3 is 23.7 Å². The molecule has 3 rings (SSSR count). The number of esters is 1. The minimum Gasteiger partial charge on any atom is -0.493 e. The number of allylic oxidation sites excluding steroid dienone is 1. The third-order valence-electron chi connectivity index (χ3n) is 6.60. The molecule has 1 heterocycles. The summed E-state index contributed by atoms with van der Waals surface area (Å²) in [6.45, 7) is 7.41. The summed E-state index contributed by atoms with van der Waals surface area (Å²) in [5.41, 5.74) is 2.60. The number of fused-ring (bicyclic) bond motifs is 1. The Morgan fingerprint density at radius 1 is 0.900 bits per heavy atom. The van der Waals surface area contributed by atoms with Gasteiger partial charge in [0.1, 0.15) is 13.2 Å². The summed E-state index contributed by atoms with van der Waals surface area (Å²) in [6.07, 6.45) is 11.9. The van der Waals surface area contributed by atoms with Gasteiger partial charge in [0.25, 0.3) is 0 Å². The molecule has 214 valence electrons. The number of unbranched alkanes of at least 4 members (excludes halogenated alkanes) is 8. The predicted molar refractivity (Wildman–Crippen MR) is 157 cm³/mol. The third kappa shape index (κ3) is 10.00. The maximum Gasteiger partial charge on any atom is 0.333 e. The molecule has 0 unspecified atom stereocenters. The molecule has 0 N–H and O–H groups in total. The molecule has 0 aliphatic carbocycles. The molecule has 7 nitrogen and oxygen atoms in total. The third-order valence-corrected chi connectivity index (χ3v) is 6.60. The van der Waals surface area contributed by atoms with Crippen LogP contribution in [0.2, 0.25) is 0 Å². The van der Waals surface area contributed by atoms with Crippen LogP contribution in [0.5, 0.6) is 23.0 Å². The first kappa shape index (κ1) is 30.6. The van der Waals surface area contributed by atoms with Crippen LogP contribution >= 0.6 is 0 Å². The SMILES string of the molecule is C=C(C)C(=O)OCCCCCCCCCCCOc1ccc(C(C#N)=Cc2ccc3c(c2)OCCO3)cc1OC. The summed E-state index contributed by atoms with van der Waals surface area (Å²) in [5.74, 6) is 2.40. The van der Waals surface area contributed by atoms with Crippen molar-refractivity contribution >= 4 is 17.6 Å². The van der Waals surface area contributed by atoms with E-state index in [4.69, 9.17) is 23.7 Å². The Balaban J connectivity index is 1.35. The molecule has 0 fully saturated rings. The van der Waals surface area contributed by atoms with Crippen LogP contribution < -0.4 is 18.9 Å². The van der Waals surface area contributed by atoms with Gasteiger partial charge in [0.05, 0.1) is 32.0 Å². The van der Waals surface area contributed by atoms with Gasteiger partial charge in [0.2, 0.25) is 0 Å². The van der Waals surface area contributed by atoms with E-state index in [1.165, 1.54) is 32.1 Å². The Morgan fingerprint density at radius 3 is 2.20 bits per heavy atom. The molecule has 40 heavy (non-hydrogen) atoms. The Morgan fingerprint density at radius 2 is 1.55 bits per heavy atom. The molecule has 0 saturated carbocycles. The van der Waals surface area contributed by atoms with Gasteiger partial charge in [-0.1, -0.05) is 57.6 Å². The Kier molecular flexibility index (Phi) is 12.9. The number of carbonyl (C=O) groups is 1. The average Bonchev–Trinajstić information content (AvgIpc) is 2.98. The zero-order valence-electron chi connectivity index (χ0n) is 23.8. The lowest BCUT2D eigenvalue weighted by Gasteiger charge is -2.18. The first-order valence-electron chi connectivity index (χ1n) is 14.2. The van der Waals surface area contributed by atoms with E-state index in [-0.39, 0.29) is 5.97 Å². The molecule has 0 amide bonds. The first-order valence-corrected chi connectivity index (χ1v) is 14.2. The fourth-order valence-electron chi connectivity index (χ4n) is 4.36. The molecule has 2 aromatic rings. The summed E-state index contributed by atoms with van der Waals surface area (Å²) in [5, 5.41) is 9.81. The second kappa shape index (κ2) is 16.9. The average molecular weight is 548 g/mol. The van der Waals surface area contributed by atoms with Gasteiger partial charge in [-0.05, 0) is 67.3 Å². The van der Waals surface area contributed by atoms with Crippen molar-refractivity contribution in [2.75, 3.05) is 33.5 Å². The van der Waals surface area contributed by atoms with E-state index >= 15 is 0 Å². The number of hydrogen-bond donors (Lipinski definition) is 0. The van der Waals surface area contributed by atoms with E-state index < -0.39 is 0 Å². The molecule has 0 radical (unpaired) electrons. The second-order valence-electron chi connectivity index (χ2n) is 9.89. The van der Waals surface area contributed by atoms with Gasteiger partial charge in [0.15, 0.2) is 23.0 Å². The van der Waals surface area contributed by atoms with Crippen LogP contribution in [0.25, 0.3) is 11.6 Å². The van der Waals surface area contributed by atoms with Gasteiger partial charge in [0, 0.05) is 5.57 Å². The van der Waals surface area contributed by atoms with Crippen LogP contribution in [-0.2, 0) is 9.53 Å². The monoisotopic (exact) mass is 547 g/mol. The van der Waals surface area contributed by atoms with E-state index in [9.17, 15) is 10.1 Å². The van der Waals surface area contributed by atoms with Crippen molar-refractivity contribution in [2.45, 2.75) is 64.7 Å². The van der Waals surface area contributed by atoms with Crippen molar-refractivity contribution in [3.63, 3.8) is 0 Å². The van der Waals surface area contributed by atoms with E-state index in [0.717, 1.165) is 42.6 Å². The smallest absolute Gasteiger partial charge is 0.333 e. The fraction of sp³-hybridized carbons (Fsp3) is 0.455. The molecular formula is C33H41NO6. The second-order valence-corrected chi connectivity index (χ2v) is 9.89. The zero-order chi connectivity index (χ0) is 28.6. The van der Waals surface area contributed by atoms with Crippen molar-refractivity contribution in [3.05, 3.63) is 59.7 Å². The summed E-state index contributed by atoms with van der Waals surface area (Å²) in [6, 6.07) is 13.5. The highest BCUT2D eigenvalue weighted by Crippen LogP contribution is 2.34. The molecule has 1 aliphatic rings. The Bertz CT molecular complexity index is 1200. The summed E-state index contributed by atoms with van der Waals surface area (Å²) >= 11 is 0.